The van der Waals surface area contributed by atoms with E-state index in [2.05, 4.69) is 4.98 Å². The standard InChI is InChI=1S/C17H11F2NO/c18-12-6-7-15(19)11(9-12)10-17(21)14-3-1-5-16-13(14)4-2-8-20-16/h1-9H,10H2. The Morgan fingerprint density at radius 2 is 1.90 bits per heavy atom. The minimum absolute atomic E-state index is 0.0564. The summed E-state index contributed by atoms with van der Waals surface area (Å²) in [7, 11) is 0. The lowest BCUT2D eigenvalue weighted by molar-refractivity contribution is 0.0993. The molecule has 0 aliphatic carbocycles. The van der Waals surface area contributed by atoms with Crippen molar-refractivity contribution >= 4 is 16.7 Å². The molecule has 0 aliphatic heterocycles. The van der Waals surface area contributed by atoms with E-state index in [9.17, 15) is 13.6 Å². The fourth-order valence-electron chi connectivity index (χ4n) is 2.29. The Bertz CT molecular complexity index is 825. The Morgan fingerprint density at radius 3 is 2.76 bits per heavy atom. The second-order valence-corrected chi connectivity index (χ2v) is 4.71. The summed E-state index contributed by atoms with van der Waals surface area (Å²) in [4.78, 5) is 16.6. The van der Waals surface area contributed by atoms with E-state index in [1.54, 1.807) is 36.5 Å². The van der Waals surface area contributed by atoms with Crippen molar-refractivity contribution < 1.29 is 13.6 Å². The van der Waals surface area contributed by atoms with E-state index >= 15 is 0 Å². The first-order valence-electron chi connectivity index (χ1n) is 6.46. The van der Waals surface area contributed by atoms with Gasteiger partial charge in [-0.15, -0.1) is 0 Å². The van der Waals surface area contributed by atoms with Crippen LogP contribution >= 0.6 is 0 Å². The first-order valence-corrected chi connectivity index (χ1v) is 6.46. The normalized spacial score (nSPS) is 10.8. The SMILES string of the molecule is O=C(Cc1cc(F)ccc1F)c1cccc2ncccc12. The van der Waals surface area contributed by atoms with Crippen LogP contribution < -0.4 is 0 Å². The zero-order valence-electron chi connectivity index (χ0n) is 11.0. The average molecular weight is 283 g/mol. The van der Waals surface area contributed by atoms with Crippen LogP contribution in [0.25, 0.3) is 10.9 Å². The number of hydrogen-bond acceptors (Lipinski definition) is 2. The molecule has 0 fully saturated rings. The molecule has 0 aliphatic rings. The van der Waals surface area contributed by atoms with Crippen molar-refractivity contribution in [3.8, 4) is 0 Å². The summed E-state index contributed by atoms with van der Waals surface area (Å²) in [6.45, 7) is 0. The number of carbonyl (C=O) groups excluding carboxylic acids is 1. The number of hydrogen-bond donors (Lipinski definition) is 0. The Balaban J connectivity index is 1.99. The second-order valence-electron chi connectivity index (χ2n) is 4.71. The molecule has 0 amide bonds. The molecule has 1 heterocycles. The van der Waals surface area contributed by atoms with Crippen LogP contribution in [-0.2, 0) is 6.42 Å². The lowest BCUT2D eigenvalue weighted by atomic mass is 9.99. The van der Waals surface area contributed by atoms with Gasteiger partial charge in [0.1, 0.15) is 11.6 Å². The second kappa shape index (κ2) is 5.40. The molecule has 104 valence electrons. The zero-order chi connectivity index (χ0) is 14.8. The summed E-state index contributed by atoms with van der Waals surface area (Å²) in [6.07, 6.45) is 1.46. The van der Waals surface area contributed by atoms with Crippen molar-refractivity contribution in [2.24, 2.45) is 0 Å². The van der Waals surface area contributed by atoms with Gasteiger partial charge in [0.15, 0.2) is 5.78 Å². The molecule has 4 heteroatoms. The van der Waals surface area contributed by atoms with Crippen molar-refractivity contribution in [3.05, 3.63) is 77.5 Å². The molecule has 0 unspecified atom stereocenters. The van der Waals surface area contributed by atoms with Crippen molar-refractivity contribution in [3.63, 3.8) is 0 Å². The van der Waals surface area contributed by atoms with Crippen molar-refractivity contribution in [2.75, 3.05) is 0 Å². The van der Waals surface area contributed by atoms with Gasteiger partial charge in [-0.2, -0.15) is 0 Å². The summed E-state index contributed by atoms with van der Waals surface area (Å²) < 4.78 is 26.8. The molecule has 0 N–H and O–H groups in total. The van der Waals surface area contributed by atoms with Crippen LogP contribution in [0.2, 0.25) is 0 Å². The van der Waals surface area contributed by atoms with Crippen molar-refractivity contribution in [1.82, 2.24) is 4.98 Å². The minimum atomic E-state index is -0.580. The van der Waals surface area contributed by atoms with E-state index < -0.39 is 11.6 Å². The highest BCUT2D eigenvalue weighted by molar-refractivity contribution is 6.08. The highest BCUT2D eigenvalue weighted by Gasteiger charge is 2.14. The molecule has 3 rings (SSSR count). The third-order valence-electron chi connectivity index (χ3n) is 3.30. The van der Waals surface area contributed by atoms with Crippen LogP contribution in [0.15, 0.2) is 54.7 Å². The number of nitrogens with zero attached hydrogens (tertiary/aromatic N) is 1. The molecule has 1 aromatic heterocycles. The molecule has 21 heavy (non-hydrogen) atoms. The van der Waals surface area contributed by atoms with Gasteiger partial charge in [0.25, 0.3) is 0 Å². The van der Waals surface area contributed by atoms with Crippen LogP contribution in [-0.4, -0.2) is 10.8 Å². The molecule has 0 radical (unpaired) electrons. The van der Waals surface area contributed by atoms with Gasteiger partial charge in [-0.1, -0.05) is 18.2 Å². The van der Waals surface area contributed by atoms with Gasteiger partial charge in [-0.25, -0.2) is 8.78 Å². The lowest BCUT2D eigenvalue weighted by Crippen LogP contribution is -2.06. The first-order chi connectivity index (χ1) is 10.1. The molecule has 0 atom stereocenters. The molecule has 0 saturated carbocycles. The maximum absolute atomic E-state index is 13.6. The van der Waals surface area contributed by atoms with Crippen LogP contribution in [0.3, 0.4) is 0 Å². The van der Waals surface area contributed by atoms with Crippen LogP contribution in [0.4, 0.5) is 8.78 Å². The van der Waals surface area contributed by atoms with E-state index in [1.807, 2.05) is 0 Å². The fraction of sp³-hybridized carbons (Fsp3) is 0.0588. The van der Waals surface area contributed by atoms with E-state index in [4.69, 9.17) is 0 Å². The number of aromatic nitrogens is 1. The number of ketones is 1. The highest BCUT2D eigenvalue weighted by atomic mass is 19.1. The Hall–Kier alpha value is -2.62. The molecule has 2 nitrogen and oxygen atoms in total. The number of rotatable bonds is 3. The third-order valence-corrected chi connectivity index (χ3v) is 3.30. The topological polar surface area (TPSA) is 30.0 Å². The van der Waals surface area contributed by atoms with Gasteiger partial charge in [0.05, 0.1) is 5.52 Å². The molecular formula is C17H11F2NO. The maximum Gasteiger partial charge on any atom is 0.168 e. The largest absolute Gasteiger partial charge is 0.294 e. The number of halogens is 2. The van der Waals surface area contributed by atoms with Crippen molar-refractivity contribution in [2.45, 2.75) is 6.42 Å². The summed E-state index contributed by atoms with van der Waals surface area (Å²) in [5.41, 5.74) is 1.22. The molecule has 0 spiro atoms. The van der Waals surface area contributed by atoms with Gasteiger partial charge < -0.3 is 0 Å². The maximum atomic E-state index is 13.6. The highest BCUT2D eigenvalue weighted by Crippen LogP contribution is 2.19. The number of carbonyl (C=O) groups is 1. The smallest absolute Gasteiger partial charge is 0.168 e. The Morgan fingerprint density at radius 1 is 1.05 bits per heavy atom. The van der Waals surface area contributed by atoms with Crippen LogP contribution in [0.1, 0.15) is 15.9 Å². The van der Waals surface area contributed by atoms with E-state index in [1.165, 1.54) is 0 Å². The Labute approximate surface area is 120 Å². The van der Waals surface area contributed by atoms with E-state index in [0.717, 1.165) is 18.2 Å². The molecule has 3 aromatic rings. The third kappa shape index (κ3) is 2.65. The van der Waals surface area contributed by atoms with E-state index in [0.29, 0.717) is 16.5 Å². The number of pyridine rings is 1. The predicted octanol–water partition coefficient (Wildman–Crippen LogP) is 3.94. The van der Waals surface area contributed by atoms with Gasteiger partial charge in [0, 0.05) is 23.6 Å². The Kier molecular flexibility index (Phi) is 3.44. The van der Waals surface area contributed by atoms with E-state index in [-0.39, 0.29) is 17.8 Å². The number of benzene rings is 2. The zero-order valence-corrected chi connectivity index (χ0v) is 11.0. The molecule has 2 aromatic carbocycles. The monoisotopic (exact) mass is 283 g/mol. The van der Waals surface area contributed by atoms with Gasteiger partial charge in [-0.05, 0) is 35.9 Å². The number of Topliss-reactive ketones (excluding diaryl/α,β-unsaturated/α-hetero) is 1. The number of fused-ring (bicyclic) bond motifs is 1. The van der Waals surface area contributed by atoms with Crippen molar-refractivity contribution in [1.29, 1.82) is 0 Å². The minimum Gasteiger partial charge on any atom is -0.294 e. The van der Waals surface area contributed by atoms with Crippen LogP contribution in [0, 0.1) is 11.6 Å². The summed E-state index contributed by atoms with van der Waals surface area (Å²) in [5, 5.41) is 0.710. The average Bonchev–Trinajstić information content (AvgIpc) is 2.50. The molecule has 0 bridgehead atoms. The molecular weight excluding hydrogens is 272 g/mol. The fourth-order valence-corrected chi connectivity index (χ4v) is 2.29. The van der Waals surface area contributed by atoms with Gasteiger partial charge >= 0.3 is 0 Å². The molecule has 0 saturated heterocycles. The summed E-state index contributed by atoms with van der Waals surface area (Å²) in [6, 6.07) is 11.8. The summed E-state index contributed by atoms with van der Waals surface area (Å²) in [5.74, 6) is -1.40. The lowest BCUT2D eigenvalue weighted by Gasteiger charge is -2.06. The summed E-state index contributed by atoms with van der Waals surface area (Å²) >= 11 is 0. The predicted molar refractivity (Wildman–Crippen MR) is 76.1 cm³/mol. The van der Waals surface area contributed by atoms with Gasteiger partial charge in [-0.3, -0.25) is 9.78 Å². The van der Waals surface area contributed by atoms with Gasteiger partial charge in [0.2, 0.25) is 0 Å². The van der Waals surface area contributed by atoms with Crippen LogP contribution in [0.5, 0.6) is 0 Å². The first kappa shape index (κ1) is 13.4. The quantitative estimate of drug-likeness (QED) is 0.681.